The lowest BCUT2D eigenvalue weighted by molar-refractivity contribution is 0.193. The third kappa shape index (κ3) is 2.48. The molecule has 0 bridgehead atoms. The van der Waals surface area contributed by atoms with Crippen molar-refractivity contribution in [1.29, 1.82) is 0 Å². The van der Waals surface area contributed by atoms with Crippen LogP contribution in [-0.4, -0.2) is 42.3 Å². The second-order valence-electron chi connectivity index (χ2n) is 3.99. The van der Waals surface area contributed by atoms with E-state index in [0.29, 0.717) is 12.6 Å². The van der Waals surface area contributed by atoms with Gasteiger partial charge in [0, 0.05) is 19.7 Å². The van der Waals surface area contributed by atoms with E-state index in [4.69, 9.17) is 10.5 Å². The molecule has 0 spiro atoms. The van der Waals surface area contributed by atoms with Crippen LogP contribution >= 0.6 is 0 Å². The first-order valence-corrected chi connectivity index (χ1v) is 5.64. The van der Waals surface area contributed by atoms with Gasteiger partial charge in [0.05, 0.1) is 30.7 Å². The standard InChI is InChI=1S/C11H18N4O/c1-9-13-6-11(7-14-9)15(4-3-12)10-2-5-16-8-10/h6-7,10H,2-5,8,12H2,1H3. The van der Waals surface area contributed by atoms with Gasteiger partial charge in [0.15, 0.2) is 0 Å². The van der Waals surface area contributed by atoms with E-state index in [1.807, 2.05) is 19.3 Å². The first kappa shape index (κ1) is 11.3. The molecule has 5 nitrogen and oxygen atoms in total. The highest BCUT2D eigenvalue weighted by Gasteiger charge is 2.23. The highest BCUT2D eigenvalue weighted by Crippen LogP contribution is 2.19. The largest absolute Gasteiger partial charge is 0.379 e. The van der Waals surface area contributed by atoms with Crippen molar-refractivity contribution in [2.45, 2.75) is 19.4 Å². The maximum absolute atomic E-state index is 5.64. The maximum atomic E-state index is 5.64. The van der Waals surface area contributed by atoms with Crippen molar-refractivity contribution in [2.24, 2.45) is 5.73 Å². The summed E-state index contributed by atoms with van der Waals surface area (Å²) in [4.78, 5) is 10.7. The summed E-state index contributed by atoms with van der Waals surface area (Å²) in [6.45, 7) is 4.94. The van der Waals surface area contributed by atoms with E-state index in [1.54, 1.807) is 0 Å². The molecule has 1 saturated heterocycles. The van der Waals surface area contributed by atoms with Crippen molar-refractivity contribution in [1.82, 2.24) is 9.97 Å². The van der Waals surface area contributed by atoms with Crippen molar-refractivity contribution < 1.29 is 4.74 Å². The van der Waals surface area contributed by atoms with Crippen molar-refractivity contribution in [3.8, 4) is 0 Å². The van der Waals surface area contributed by atoms with Gasteiger partial charge in [-0.2, -0.15) is 0 Å². The van der Waals surface area contributed by atoms with Gasteiger partial charge in [-0.15, -0.1) is 0 Å². The Hall–Kier alpha value is -1.20. The molecule has 1 atom stereocenters. The molecule has 0 saturated carbocycles. The minimum Gasteiger partial charge on any atom is -0.379 e. The van der Waals surface area contributed by atoms with Gasteiger partial charge in [0.2, 0.25) is 0 Å². The molecule has 1 aliphatic rings. The van der Waals surface area contributed by atoms with E-state index in [0.717, 1.165) is 37.7 Å². The van der Waals surface area contributed by atoms with Crippen LogP contribution in [0, 0.1) is 6.92 Å². The summed E-state index contributed by atoms with van der Waals surface area (Å²) in [7, 11) is 0. The number of ether oxygens (including phenoxy) is 1. The lowest BCUT2D eigenvalue weighted by atomic mass is 10.2. The number of rotatable bonds is 4. The quantitative estimate of drug-likeness (QED) is 0.795. The van der Waals surface area contributed by atoms with Gasteiger partial charge in [-0.3, -0.25) is 0 Å². The summed E-state index contributed by atoms with van der Waals surface area (Å²) in [5, 5.41) is 0. The molecule has 2 heterocycles. The molecule has 1 aliphatic heterocycles. The van der Waals surface area contributed by atoms with E-state index in [1.165, 1.54) is 0 Å². The Morgan fingerprint density at radius 1 is 1.50 bits per heavy atom. The summed E-state index contributed by atoms with van der Waals surface area (Å²) < 4.78 is 5.41. The van der Waals surface area contributed by atoms with Crippen molar-refractivity contribution in [3.05, 3.63) is 18.2 Å². The molecule has 5 heteroatoms. The van der Waals surface area contributed by atoms with Crippen LogP contribution in [0.5, 0.6) is 0 Å². The molecule has 2 rings (SSSR count). The highest BCUT2D eigenvalue weighted by atomic mass is 16.5. The van der Waals surface area contributed by atoms with Crippen LogP contribution < -0.4 is 10.6 Å². The van der Waals surface area contributed by atoms with Gasteiger partial charge in [0.1, 0.15) is 5.82 Å². The summed E-state index contributed by atoms with van der Waals surface area (Å²) >= 11 is 0. The average molecular weight is 222 g/mol. The molecule has 2 N–H and O–H groups in total. The topological polar surface area (TPSA) is 64.3 Å². The fraction of sp³-hybridized carbons (Fsp3) is 0.636. The summed E-state index contributed by atoms with van der Waals surface area (Å²) in [5.74, 6) is 0.791. The van der Waals surface area contributed by atoms with E-state index >= 15 is 0 Å². The highest BCUT2D eigenvalue weighted by molar-refractivity contribution is 5.43. The molecule has 1 fully saturated rings. The summed E-state index contributed by atoms with van der Waals surface area (Å²) in [5.41, 5.74) is 6.67. The third-order valence-corrected chi connectivity index (χ3v) is 2.82. The number of aryl methyl sites for hydroxylation is 1. The molecular formula is C11H18N4O. The van der Waals surface area contributed by atoms with Crippen LogP contribution in [0.25, 0.3) is 0 Å². The second-order valence-corrected chi connectivity index (χ2v) is 3.99. The number of aromatic nitrogens is 2. The molecule has 1 unspecified atom stereocenters. The van der Waals surface area contributed by atoms with Crippen LogP contribution in [0.4, 0.5) is 5.69 Å². The van der Waals surface area contributed by atoms with E-state index < -0.39 is 0 Å². The van der Waals surface area contributed by atoms with Gasteiger partial charge in [0.25, 0.3) is 0 Å². The van der Waals surface area contributed by atoms with Crippen molar-refractivity contribution in [2.75, 3.05) is 31.2 Å². The van der Waals surface area contributed by atoms with Gasteiger partial charge in [-0.05, 0) is 13.3 Å². The molecule has 0 radical (unpaired) electrons. The number of hydrogen-bond donors (Lipinski definition) is 1. The molecular weight excluding hydrogens is 204 g/mol. The number of anilines is 1. The Balaban J connectivity index is 2.14. The Morgan fingerprint density at radius 2 is 2.25 bits per heavy atom. The zero-order valence-corrected chi connectivity index (χ0v) is 9.59. The first-order chi connectivity index (χ1) is 7.81. The lowest BCUT2D eigenvalue weighted by Gasteiger charge is -2.29. The minimum absolute atomic E-state index is 0.412. The van der Waals surface area contributed by atoms with E-state index in [2.05, 4.69) is 14.9 Å². The normalized spacial score (nSPS) is 20.0. The lowest BCUT2D eigenvalue weighted by Crippen LogP contribution is -2.39. The Labute approximate surface area is 95.6 Å². The zero-order chi connectivity index (χ0) is 11.4. The molecule has 1 aromatic heterocycles. The Kier molecular flexibility index (Phi) is 3.69. The van der Waals surface area contributed by atoms with E-state index in [-0.39, 0.29) is 0 Å². The SMILES string of the molecule is Cc1ncc(N(CCN)C2CCOC2)cn1. The zero-order valence-electron chi connectivity index (χ0n) is 9.59. The van der Waals surface area contributed by atoms with Crippen LogP contribution in [0.3, 0.4) is 0 Å². The second kappa shape index (κ2) is 5.23. The molecule has 88 valence electrons. The van der Waals surface area contributed by atoms with Gasteiger partial charge >= 0.3 is 0 Å². The molecule has 1 aromatic rings. The summed E-state index contributed by atoms with van der Waals surface area (Å²) in [6, 6.07) is 0.412. The smallest absolute Gasteiger partial charge is 0.125 e. The third-order valence-electron chi connectivity index (χ3n) is 2.82. The average Bonchev–Trinajstić information content (AvgIpc) is 2.81. The van der Waals surface area contributed by atoms with Crippen LogP contribution in [-0.2, 0) is 4.74 Å². The predicted octanol–water partition coefficient (Wildman–Crippen LogP) is 0.339. The van der Waals surface area contributed by atoms with E-state index in [9.17, 15) is 0 Å². The molecule has 16 heavy (non-hydrogen) atoms. The van der Waals surface area contributed by atoms with Gasteiger partial charge in [-0.25, -0.2) is 9.97 Å². The maximum Gasteiger partial charge on any atom is 0.125 e. The fourth-order valence-electron chi connectivity index (χ4n) is 1.96. The number of nitrogens with zero attached hydrogens (tertiary/aromatic N) is 3. The van der Waals surface area contributed by atoms with Crippen LogP contribution in [0.1, 0.15) is 12.2 Å². The predicted molar refractivity (Wildman–Crippen MR) is 62.4 cm³/mol. The first-order valence-electron chi connectivity index (χ1n) is 5.64. The summed E-state index contributed by atoms with van der Waals surface area (Å²) in [6.07, 6.45) is 4.76. The molecule has 0 amide bonds. The molecule has 0 aliphatic carbocycles. The Bertz CT molecular complexity index is 321. The fourth-order valence-corrected chi connectivity index (χ4v) is 1.96. The van der Waals surface area contributed by atoms with Gasteiger partial charge in [-0.1, -0.05) is 0 Å². The Morgan fingerprint density at radius 3 is 2.81 bits per heavy atom. The van der Waals surface area contributed by atoms with Crippen LogP contribution in [0.15, 0.2) is 12.4 Å². The molecule has 0 aromatic carbocycles. The monoisotopic (exact) mass is 222 g/mol. The number of nitrogens with two attached hydrogens (primary N) is 1. The van der Waals surface area contributed by atoms with Gasteiger partial charge < -0.3 is 15.4 Å². The number of hydrogen-bond acceptors (Lipinski definition) is 5. The van der Waals surface area contributed by atoms with Crippen molar-refractivity contribution in [3.63, 3.8) is 0 Å². The van der Waals surface area contributed by atoms with Crippen molar-refractivity contribution >= 4 is 5.69 Å². The van der Waals surface area contributed by atoms with Crippen LogP contribution in [0.2, 0.25) is 0 Å². The minimum atomic E-state index is 0.412.